The fourth-order valence-corrected chi connectivity index (χ4v) is 2.45. The maximum absolute atomic E-state index is 5.89. The van der Waals surface area contributed by atoms with Gasteiger partial charge in [0.25, 0.3) is 0 Å². The predicted octanol–water partition coefficient (Wildman–Crippen LogP) is 3.33. The van der Waals surface area contributed by atoms with Crippen LogP contribution in [0.2, 0.25) is 5.28 Å². The fourth-order valence-electron chi connectivity index (χ4n) is 1.12. The Labute approximate surface area is 116 Å². The van der Waals surface area contributed by atoms with Gasteiger partial charge >= 0.3 is 0 Å². The number of hydrogen-bond acceptors (Lipinski definition) is 5. The highest BCUT2D eigenvalue weighted by atomic mass is 79.9. The summed E-state index contributed by atoms with van der Waals surface area (Å²) in [6.07, 6.45) is 1.72. The van der Waals surface area contributed by atoms with E-state index < -0.39 is 0 Å². The van der Waals surface area contributed by atoms with Crippen molar-refractivity contribution in [3.8, 4) is 0 Å². The van der Waals surface area contributed by atoms with Crippen molar-refractivity contribution < 1.29 is 0 Å². The van der Waals surface area contributed by atoms with Crippen LogP contribution in [0, 0.1) is 6.92 Å². The molecule has 0 saturated carbocycles. The zero-order chi connectivity index (χ0) is 12.4. The van der Waals surface area contributed by atoms with Gasteiger partial charge in [-0.1, -0.05) is 0 Å². The van der Waals surface area contributed by atoms with E-state index >= 15 is 0 Å². The van der Waals surface area contributed by atoms with Crippen LogP contribution in [0.1, 0.15) is 5.69 Å². The molecule has 2 rings (SSSR count). The lowest BCUT2D eigenvalue weighted by molar-refractivity contribution is 1.01. The highest BCUT2D eigenvalue weighted by Gasteiger charge is 2.10. The summed E-state index contributed by atoms with van der Waals surface area (Å²) in [5.74, 6) is 0. The average Bonchev–Trinajstić information content (AvgIpc) is 2.28. The number of nitrogens with two attached hydrogens (primary N) is 1. The van der Waals surface area contributed by atoms with Crippen molar-refractivity contribution in [2.75, 3.05) is 5.73 Å². The molecule has 0 spiro atoms. The van der Waals surface area contributed by atoms with Crippen LogP contribution >= 0.6 is 39.3 Å². The van der Waals surface area contributed by atoms with Crippen LogP contribution in [-0.4, -0.2) is 15.0 Å². The lowest BCUT2D eigenvalue weighted by Gasteiger charge is -2.06. The predicted molar refractivity (Wildman–Crippen MR) is 72.3 cm³/mol. The van der Waals surface area contributed by atoms with Gasteiger partial charge in [0, 0.05) is 10.7 Å². The second-order valence-electron chi connectivity index (χ2n) is 3.21. The third-order valence-corrected chi connectivity index (χ3v) is 3.57. The summed E-state index contributed by atoms with van der Waals surface area (Å²) in [4.78, 5) is 12.3. The van der Waals surface area contributed by atoms with Crippen LogP contribution in [0.5, 0.6) is 0 Å². The molecule has 2 aromatic rings. The minimum Gasteiger partial charge on any atom is -0.395 e. The van der Waals surface area contributed by atoms with Gasteiger partial charge in [0.2, 0.25) is 5.28 Å². The van der Waals surface area contributed by atoms with Crippen molar-refractivity contribution in [1.82, 2.24) is 15.0 Å². The molecule has 0 aliphatic rings. The Morgan fingerprint density at radius 3 is 2.76 bits per heavy atom. The van der Waals surface area contributed by atoms with E-state index in [1.807, 2.05) is 12.1 Å². The summed E-state index contributed by atoms with van der Waals surface area (Å²) in [6.45, 7) is 1.79. The molecule has 2 N–H and O–H groups in total. The van der Waals surface area contributed by atoms with E-state index in [1.54, 1.807) is 13.1 Å². The first-order chi connectivity index (χ1) is 8.06. The van der Waals surface area contributed by atoms with Gasteiger partial charge in [-0.25, -0.2) is 15.0 Å². The first-order valence-corrected chi connectivity index (χ1v) is 6.64. The second-order valence-corrected chi connectivity index (χ2v) is 5.48. The van der Waals surface area contributed by atoms with E-state index in [4.69, 9.17) is 17.3 Å². The van der Waals surface area contributed by atoms with Crippen LogP contribution in [0.15, 0.2) is 32.9 Å². The van der Waals surface area contributed by atoms with Crippen LogP contribution in [0.3, 0.4) is 0 Å². The van der Waals surface area contributed by atoms with Gasteiger partial charge in [0.05, 0.1) is 11.4 Å². The summed E-state index contributed by atoms with van der Waals surface area (Å²) in [7, 11) is 0. The van der Waals surface area contributed by atoms with Gasteiger partial charge in [-0.2, -0.15) is 0 Å². The maximum atomic E-state index is 5.89. The largest absolute Gasteiger partial charge is 0.395 e. The minimum absolute atomic E-state index is 0.191. The summed E-state index contributed by atoms with van der Waals surface area (Å²) in [5, 5.41) is 1.61. The quantitative estimate of drug-likeness (QED) is 0.675. The van der Waals surface area contributed by atoms with Crippen molar-refractivity contribution in [1.29, 1.82) is 0 Å². The van der Waals surface area contributed by atoms with E-state index in [-0.39, 0.29) is 5.28 Å². The number of hydrogen-bond donors (Lipinski definition) is 1. The number of aromatic nitrogens is 3. The van der Waals surface area contributed by atoms with E-state index in [1.165, 1.54) is 11.8 Å². The molecule has 0 radical (unpaired) electrons. The average molecular weight is 332 g/mol. The van der Waals surface area contributed by atoms with Crippen LogP contribution in [-0.2, 0) is 0 Å². The molecule has 0 saturated heterocycles. The molecule has 0 unspecified atom stereocenters. The first-order valence-electron chi connectivity index (χ1n) is 4.65. The van der Waals surface area contributed by atoms with Crippen LogP contribution < -0.4 is 5.73 Å². The summed E-state index contributed by atoms with van der Waals surface area (Å²) < 4.78 is 0.923. The molecule has 0 aliphatic carbocycles. The number of halogens is 2. The number of anilines is 1. The van der Waals surface area contributed by atoms with Crippen molar-refractivity contribution in [3.05, 3.63) is 33.8 Å². The number of aryl methyl sites for hydroxylation is 1. The summed E-state index contributed by atoms with van der Waals surface area (Å²) in [5.41, 5.74) is 7.09. The van der Waals surface area contributed by atoms with Gasteiger partial charge < -0.3 is 5.73 Å². The zero-order valence-corrected chi connectivity index (χ0v) is 12.0. The van der Waals surface area contributed by atoms with Gasteiger partial charge in [-0.15, -0.1) is 0 Å². The van der Waals surface area contributed by atoms with Crippen LogP contribution in [0.4, 0.5) is 5.69 Å². The molecule has 7 heteroatoms. The SMILES string of the molecule is Cc1nc(Cl)nc(Sc2ccc(Br)cn2)c1N. The molecule has 0 aliphatic heterocycles. The Morgan fingerprint density at radius 2 is 2.12 bits per heavy atom. The molecule has 2 aromatic heterocycles. The number of nitrogens with zero attached hydrogens (tertiary/aromatic N) is 3. The fraction of sp³-hybridized carbons (Fsp3) is 0.100. The van der Waals surface area contributed by atoms with Gasteiger partial charge in [-0.05, 0) is 58.3 Å². The molecular weight excluding hydrogens is 324 g/mol. The first kappa shape index (κ1) is 12.6. The maximum Gasteiger partial charge on any atom is 0.223 e. The van der Waals surface area contributed by atoms with E-state index in [9.17, 15) is 0 Å². The van der Waals surface area contributed by atoms with E-state index in [0.717, 1.165) is 9.50 Å². The third kappa shape index (κ3) is 3.08. The van der Waals surface area contributed by atoms with Crippen molar-refractivity contribution in [2.24, 2.45) is 0 Å². The standard InChI is InChI=1S/C10H8BrClN4S/c1-5-8(13)9(16-10(12)15-5)17-7-3-2-6(11)4-14-7/h2-4H,13H2,1H3. The number of nitrogen functional groups attached to an aromatic ring is 1. The lowest BCUT2D eigenvalue weighted by atomic mass is 10.4. The summed E-state index contributed by atoms with van der Waals surface area (Å²) >= 11 is 10.5. The van der Waals surface area contributed by atoms with Crippen LogP contribution in [0.25, 0.3) is 0 Å². The topological polar surface area (TPSA) is 64.7 Å². The highest BCUT2D eigenvalue weighted by molar-refractivity contribution is 9.10. The molecule has 17 heavy (non-hydrogen) atoms. The Kier molecular flexibility index (Phi) is 3.86. The lowest BCUT2D eigenvalue weighted by Crippen LogP contribution is -1.99. The minimum atomic E-state index is 0.191. The molecule has 0 atom stereocenters. The number of pyridine rings is 1. The molecule has 0 amide bonds. The van der Waals surface area contributed by atoms with E-state index in [2.05, 4.69) is 30.9 Å². The molecular formula is C10H8BrClN4S. The molecule has 0 fully saturated rings. The number of rotatable bonds is 2. The van der Waals surface area contributed by atoms with Crippen molar-refractivity contribution >= 4 is 45.0 Å². The second kappa shape index (κ2) is 5.20. The Bertz CT molecular complexity index is 547. The smallest absolute Gasteiger partial charge is 0.223 e. The van der Waals surface area contributed by atoms with Gasteiger partial charge in [0.1, 0.15) is 10.1 Å². The summed E-state index contributed by atoms with van der Waals surface area (Å²) in [6, 6.07) is 3.78. The molecule has 0 aromatic carbocycles. The zero-order valence-electron chi connectivity index (χ0n) is 8.82. The van der Waals surface area contributed by atoms with Gasteiger partial charge in [0.15, 0.2) is 0 Å². The van der Waals surface area contributed by atoms with E-state index in [0.29, 0.717) is 16.4 Å². The third-order valence-electron chi connectivity index (χ3n) is 1.98. The molecule has 0 bridgehead atoms. The molecule has 88 valence electrons. The highest BCUT2D eigenvalue weighted by Crippen LogP contribution is 2.31. The Hall–Kier alpha value is -0.850. The monoisotopic (exact) mass is 330 g/mol. The Balaban J connectivity index is 2.32. The normalized spacial score (nSPS) is 10.5. The molecule has 4 nitrogen and oxygen atoms in total. The Morgan fingerprint density at radius 1 is 1.35 bits per heavy atom. The van der Waals surface area contributed by atoms with Crippen molar-refractivity contribution in [3.63, 3.8) is 0 Å². The van der Waals surface area contributed by atoms with Gasteiger partial charge in [-0.3, -0.25) is 0 Å². The molecule has 2 heterocycles. The van der Waals surface area contributed by atoms with Crippen molar-refractivity contribution in [2.45, 2.75) is 17.0 Å².